The summed E-state index contributed by atoms with van der Waals surface area (Å²) in [7, 11) is 0. The second kappa shape index (κ2) is 6.87. The Balaban J connectivity index is 1.57. The van der Waals surface area contributed by atoms with Crippen molar-refractivity contribution in [3.05, 3.63) is 70.0 Å². The number of hydrogen-bond donors (Lipinski definition) is 1. The van der Waals surface area contributed by atoms with Crippen LogP contribution in [0.25, 0.3) is 10.1 Å². The maximum atomic E-state index is 12.2. The zero-order valence-corrected chi connectivity index (χ0v) is 12.8. The molecule has 22 heavy (non-hydrogen) atoms. The van der Waals surface area contributed by atoms with E-state index in [1.54, 1.807) is 17.5 Å². The van der Waals surface area contributed by atoms with Gasteiger partial charge in [-0.1, -0.05) is 30.3 Å². The van der Waals surface area contributed by atoms with Crippen molar-refractivity contribution in [1.29, 1.82) is 0 Å². The Kier molecular flexibility index (Phi) is 4.68. The monoisotopic (exact) mass is 315 g/mol. The normalized spacial score (nSPS) is 12.6. The highest BCUT2D eigenvalue weighted by Gasteiger charge is 2.09. The van der Waals surface area contributed by atoms with Gasteiger partial charge in [-0.2, -0.15) is 0 Å². The van der Waals surface area contributed by atoms with E-state index in [1.165, 1.54) is 4.57 Å². The lowest BCUT2D eigenvalue weighted by atomic mass is 10.2. The molecule has 0 saturated heterocycles. The van der Waals surface area contributed by atoms with E-state index in [0.29, 0.717) is 12.0 Å². The third kappa shape index (κ3) is 3.44. The van der Waals surface area contributed by atoms with Gasteiger partial charge in [0.15, 0.2) is 0 Å². The van der Waals surface area contributed by atoms with Crippen LogP contribution in [0.5, 0.6) is 0 Å². The first-order valence-electron chi connectivity index (χ1n) is 7.10. The van der Waals surface area contributed by atoms with Gasteiger partial charge in [0, 0.05) is 10.9 Å². The van der Waals surface area contributed by atoms with Crippen molar-refractivity contribution in [2.24, 2.45) is 0 Å². The van der Waals surface area contributed by atoms with E-state index in [2.05, 4.69) is 0 Å². The van der Waals surface area contributed by atoms with Crippen molar-refractivity contribution in [1.82, 2.24) is 4.57 Å². The Morgan fingerprint density at radius 3 is 2.82 bits per heavy atom. The molecule has 1 aromatic carbocycles. The molecule has 1 N–H and O–H groups in total. The van der Waals surface area contributed by atoms with Crippen LogP contribution in [0.15, 0.2) is 58.8 Å². The maximum absolute atomic E-state index is 12.2. The molecule has 1 atom stereocenters. The van der Waals surface area contributed by atoms with Crippen molar-refractivity contribution in [3.63, 3.8) is 0 Å². The SMILES string of the molecule is O=c1c2ccsc2ccn1CC(O)COCc1ccccc1. The smallest absolute Gasteiger partial charge is 0.259 e. The molecule has 0 aliphatic carbocycles. The first kappa shape index (κ1) is 15.0. The third-order valence-corrected chi connectivity index (χ3v) is 4.30. The lowest BCUT2D eigenvalue weighted by Crippen LogP contribution is -2.28. The fourth-order valence-corrected chi connectivity index (χ4v) is 3.09. The van der Waals surface area contributed by atoms with Crippen LogP contribution in [0.1, 0.15) is 5.56 Å². The van der Waals surface area contributed by atoms with Crippen LogP contribution in [0.4, 0.5) is 0 Å². The van der Waals surface area contributed by atoms with Gasteiger partial charge in [0.2, 0.25) is 0 Å². The summed E-state index contributed by atoms with van der Waals surface area (Å²) < 4.78 is 8.00. The standard InChI is InChI=1S/C17H17NO3S/c19-14(12-21-11-13-4-2-1-3-5-13)10-18-8-6-16-15(17(18)20)7-9-22-16/h1-9,14,19H,10-12H2. The first-order chi connectivity index (χ1) is 10.7. The minimum Gasteiger partial charge on any atom is -0.389 e. The number of benzene rings is 1. The van der Waals surface area contributed by atoms with Crippen molar-refractivity contribution in [2.45, 2.75) is 19.3 Å². The maximum Gasteiger partial charge on any atom is 0.259 e. The summed E-state index contributed by atoms with van der Waals surface area (Å²) >= 11 is 1.54. The number of aliphatic hydroxyl groups excluding tert-OH is 1. The molecule has 3 rings (SSSR count). The van der Waals surface area contributed by atoms with Crippen molar-refractivity contribution >= 4 is 21.4 Å². The van der Waals surface area contributed by atoms with E-state index in [0.717, 1.165) is 10.3 Å². The number of rotatable bonds is 6. The predicted molar refractivity (Wildman–Crippen MR) is 88.2 cm³/mol. The van der Waals surface area contributed by atoms with Gasteiger partial charge < -0.3 is 14.4 Å². The molecule has 0 radical (unpaired) electrons. The zero-order valence-electron chi connectivity index (χ0n) is 12.0. The average molecular weight is 315 g/mol. The van der Waals surface area contributed by atoms with Gasteiger partial charge in [0.05, 0.1) is 31.2 Å². The Morgan fingerprint density at radius 2 is 2.00 bits per heavy atom. The Hall–Kier alpha value is -1.95. The number of aliphatic hydroxyl groups is 1. The number of hydrogen-bond acceptors (Lipinski definition) is 4. The molecule has 0 spiro atoms. The molecule has 3 aromatic rings. The fraction of sp³-hybridized carbons (Fsp3) is 0.235. The topological polar surface area (TPSA) is 51.5 Å². The van der Waals surface area contributed by atoms with Gasteiger partial charge >= 0.3 is 0 Å². The van der Waals surface area contributed by atoms with E-state index in [1.807, 2.05) is 47.8 Å². The number of pyridine rings is 1. The lowest BCUT2D eigenvalue weighted by molar-refractivity contribution is 0.0200. The number of nitrogens with zero attached hydrogens (tertiary/aromatic N) is 1. The van der Waals surface area contributed by atoms with Crippen molar-refractivity contribution < 1.29 is 9.84 Å². The Labute approximate surface area is 132 Å². The summed E-state index contributed by atoms with van der Waals surface area (Å²) in [4.78, 5) is 12.2. The molecule has 0 amide bonds. The molecule has 114 valence electrons. The van der Waals surface area contributed by atoms with E-state index < -0.39 is 6.10 Å². The second-order valence-corrected chi connectivity index (χ2v) is 6.07. The van der Waals surface area contributed by atoms with Crippen molar-refractivity contribution in [2.75, 3.05) is 6.61 Å². The molecule has 2 aromatic heterocycles. The summed E-state index contributed by atoms with van der Waals surface area (Å²) in [6.07, 6.45) is 1.01. The molecule has 0 saturated carbocycles. The van der Waals surface area contributed by atoms with Gasteiger partial charge in [0.25, 0.3) is 5.56 Å². The molecule has 2 heterocycles. The summed E-state index contributed by atoms with van der Waals surface area (Å²) in [5.41, 5.74) is 0.993. The summed E-state index contributed by atoms with van der Waals surface area (Å²) in [6, 6.07) is 13.5. The highest BCUT2D eigenvalue weighted by atomic mass is 32.1. The molecular weight excluding hydrogens is 298 g/mol. The van der Waals surface area contributed by atoms with Gasteiger partial charge in [-0.3, -0.25) is 4.79 Å². The minimum absolute atomic E-state index is 0.0686. The van der Waals surface area contributed by atoms with E-state index in [4.69, 9.17) is 4.74 Å². The number of ether oxygens (including phenoxy) is 1. The quantitative estimate of drug-likeness (QED) is 0.761. The molecule has 0 aliphatic heterocycles. The lowest BCUT2D eigenvalue weighted by Gasteiger charge is -2.13. The summed E-state index contributed by atoms with van der Waals surface area (Å²) in [6.45, 7) is 0.888. The highest BCUT2D eigenvalue weighted by molar-refractivity contribution is 7.17. The van der Waals surface area contributed by atoms with Crippen LogP contribution in [-0.2, 0) is 17.9 Å². The number of fused-ring (bicyclic) bond motifs is 1. The summed E-state index contributed by atoms with van der Waals surface area (Å²) in [5, 5.41) is 12.6. The van der Waals surface area contributed by atoms with E-state index in [-0.39, 0.29) is 18.7 Å². The predicted octanol–water partition coefficient (Wildman–Crippen LogP) is 2.64. The molecule has 4 nitrogen and oxygen atoms in total. The second-order valence-electron chi connectivity index (χ2n) is 5.13. The van der Waals surface area contributed by atoms with Gasteiger partial charge in [-0.15, -0.1) is 11.3 Å². The van der Waals surface area contributed by atoms with Crippen LogP contribution in [-0.4, -0.2) is 22.4 Å². The summed E-state index contributed by atoms with van der Waals surface area (Å²) in [5.74, 6) is 0. The molecule has 0 bridgehead atoms. The minimum atomic E-state index is -0.711. The van der Waals surface area contributed by atoms with Crippen LogP contribution >= 0.6 is 11.3 Å². The van der Waals surface area contributed by atoms with Gasteiger partial charge in [-0.05, 0) is 23.1 Å². The van der Waals surface area contributed by atoms with Crippen LogP contribution < -0.4 is 5.56 Å². The van der Waals surface area contributed by atoms with Crippen molar-refractivity contribution in [3.8, 4) is 0 Å². The fourth-order valence-electron chi connectivity index (χ4n) is 2.32. The Morgan fingerprint density at radius 1 is 1.18 bits per heavy atom. The third-order valence-electron chi connectivity index (χ3n) is 3.42. The van der Waals surface area contributed by atoms with Gasteiger partial charge in [0.1, 0.15) is 0 Å². The number of thiophene rings is 1. The first-order valence-corrected chi connectivity index (χ1v) is 7.98. The van der Waals surface area contributed by atoms with E-state index in [9.17, 15) is 9.90 Å². The molecular formula is C17H17NO3S. The molecule has 5 heteroatoms. The molecule has 0 fully saturated rings. The molecule has 1 unspecified atom stereocenters. The van der Waals surface area contributed by atoms with E-state index >= 15 is 0 Å². The average Bonchev–Trinajstić information content (AvgIpc) is 3.01. The van der Waals surface area contributed by atoms with Gasteiger partial charge in [-0.25, -0.2) is 0 Å². The van der Waals surface area contributed by atoms with Crippen LogP contribution in [0, 0.1) is 0 Å². The van der Waals surface area contributed by atoms with Crippen LogP contribution in [0.2, 0.25) is 0 Å². The van der Waals surface area contributed by atoms with Crippen LogP contribution in [0.3, 0.4) is 0 Å². The number of aromatic nitrogens is 1. The molecule has 0 aliphatic rings. The Bertz CT molecular complexity index is 794. The zero-order chi connectivity index (χ0) is 15.4. The largest absolute Gasteiger partial charge is 0.389 e. The highest BCUT2D eigenvalue weighted by Crippen LogP contribution is 2.16.